The Bertz CT molecular complexity index is 972. The fourth-order valence-electron chi connectivity index (χ4n) is 3.82. The molecule has 1 N–H and O–H groups in total. The molecule has 30 heavy (non-hydrogen) atoms. The van der Waals surface area contributed by atoms with Crippen molar-refractivity contribution in [3.63, 3.8) is 0 Å². The average Bonchev–Trinajstić information content (AvgIpc) is 3.39. The smallest absolute Gasteiger partial charge is 0.230 e. The van der Waals surface area contributed by atoms with Gasteiger partial charge >= 0.3 is 0 Å². The van der Waals surface area contributed by atoms with Gasteiger partial charge in [0.15, 0.2) is 11.0 Å². The second-order valence-electron chi connectivity index (χ2n) is 7.70. The first-order valence-electron chi connectivity index (χ1n) is 10.2. The second kappa shape index (κ2) is 9.71. The van der Waals surface area contributed by atoms with Crippen LogP contribution in [-0.4, -0.2) is 32.5 Å². The third kappa shape index (κ3) is 5.08. The topological polar surface area (TPSA) is 73.0 Å². The lowest BCUT2D eigenvalue weighted by atomic mass is 9.86. The number of nitrogens with one attached hydrogen (secondary N) is 1. The van der Waals surface area contributed by atoms with E-state index in [9.17, 15) is 4.79 Å². The third-order valence-electron chi connectivity index (χ3n) is 5.50. The molecule has 1 amide bonds. The molecule has 0 unspecified atom stereocenters. The fourth-order valence-corrected chi connectivity index (χ4v) is 4.69. The minimum Gasteiger partial charge on any atom is -0.467 e. The molecule has 1 aliphatic rings. The van der Waals surface area contributed by atoms with Gasteiger partial charge in [-0.3, -0.25) is 9.36 Å². The molecular formula is C22H25ClN4O2S. The van der Waals surface area contributed by atoms with Crippen molar-refractivity contribution in [2.75, 3.05) is 5.75 Å². The van der Waals surface area contributed by atoms with Crippen LogP contribution in [0.1, 0.15) is 38.4 Å². The summed E-state index contributed by atoms with van der Waals surface area (Å²) in [5, 5.41) is 13.3. The highest BCUT2D eigenvalue weighted by molar-refractivity contribution is 7.99. The summed E-state index contributed by atoms with van der Waals surface area (Å²) in [7, 11) is 0. The summed E-state index contributed by atoms with van der Waals surface area (Å²) >= 11 is 7.42. The summed E-state index contributed by atoms with van der Waals surface area (Å²) in [5.74, 6) is 2.39. The number of aromatic nitrogens is 3. The van der Waals surface area contributed by atoms with Crippen LogP contribution in [0.15, 0.2) is 52.2 Å². The molecule has 1 fully saturated rings. The molecule has 6 nitrogen and oxygen atoms in total. The summed E-state index contributed by atoms with van der Waals surface area (Å²) in [6, 6.07) is 11.5. The number of halogens is 1. The number of carbonyl (C=O) groups is 1. The summed E-state index contributed by atoms with van der Waals surface area (Å²) < 4.78 is 7.50. The Kier molecular flexibility index (Phi) is 6.79. The predicted molar refractivity (Wildman–Crippen MR) is 119 cm³/mol. The van der Waals surface area contributed by atoms with Crippen LogP contribution in [-0.2, 0) is 11.3 Å². The van der Waals surface area contributed by atoms with Crippen molar-refractivity contribution in [3.8, 4) is 11.4 Å². The minimum absolute atomic E-state index is 0.0411. The van der Waals surface area contributed by atoms with E-state index in [1.165, 1.54) is 31.0 Å². The number of hydrogen-bond acceptors (Lipinski definition) is 5. The van der Waals surface area contributed by atoms with Crippen molar-refractivity contribution in [2.45, 2.75) is 50.4 Å². The molecule has 4 rings (SSSR count). The fraction of sp³-hybridized carbons (Fsp3) is 0.409. The Morgan fingerprint density at radius 3 is 2.77 bits per heavy atom. The van der Waals surface area contributed by atoms with E-state index >= 15 is 0 Å². The van der Waals surface area contributed by atoms with Gasteiger partial charge in [-0.2, -0.15) is 0 Å². The summed E-state index contributed by atoms with van der Waals surface area (Å²) in [5.41, 5.74) is 0.908. The van der Waals surface area contributed by atoms with Gasteiger partial charge in [-0.1, -0.05) is 43.1 Å². The highest BCUT2D eigenvalue weighted by atomic mass is 35.5. The minimum atomic E-state index is 0.0411. The van der Waals surface area contributed by atoms with E-state index in [2.05, 4.69) is 22.4 Å². The van der Waals surface area contributed by atoms with Crippen LogP contribution in [0.25, 0.3) is 11.4 Å². The number of benzene rings is 1. The van der Waals surface area contributed by atoms with Crippen molar-refractivity contribution >= 4 is 29.3 Å². The molecule has 158 valence electrons. The Morgan fingerprint density at radius 2 is 2.03 bits per heavy atom. The van der Waals surface area contributed by atoms with Gasteiger partial charge in [-0.15, -0.1) is 10.2 Å². The third-order valence-corrected chi connectivity index (χ3v) is 6.72. The van der Waals surface area contributed by atoms with Crippen LogP contribution in [0, 0.1) is 5.92 Å². The van der Waals surface area contributed by atoms with Crippen LogP contribution in [0.5, 0.6) is 0 Å². The van der Waals surface area contributed by atoms with Gasteiger partial charge in [-0.05, 0) is 55.2 Å². The number of hydrogen-bond donors (Lipinski definition) is 1. The molecule has 0 radical (unpaired) electrons. The van der Waals surface area contributed by atoms with Gasteiger partial charge in [0, 0.05) is 16.6 Å². The number of furan rings is 1. The largest absolute Gasteiger partial charge is 0.467 e. The van der Waals surface area contributed by atoms with E-state index in [1.807, 2.05) is 41.0 Å². The van der Waals surface area contributed by atoms with Gasteiger partial charge in [0.25, 0.3) is 0 Å². The van der Waals surface area contributed by atoms with Crippen molar-refractivity contribution in [1.82, 2.24) is 20.1 Å². The van der Waals surface area contributed by atoms with Gasteiger partial charge < -0.3 is 9.73 Å². The van der Waals surface area contributed by atoms with E-state index < -0.39 is 0 Å². The monoisotopic (exact) mass is 444 g/mol. The molecule has 2 aromatic heterocycles. The Balaban J connectivity index is 1.49. The van der Waals surface area contributed by atoms with E-state index in [0.29, 0.717) is 34.2 Å². The quantitative estimate of drug-likeness (QED) is 0.517. The number of rotatable bonds is 7. The van der Waals surface area contributed by atoms with Gasteiger partial charge in [0.2, 0.25) is 5.91 Å². The Morgan fingerprint density at radius 1 is 1.23 bits per heavy atom. The SMILES string of the molecule is C[C@H]1CCCC[C@@H]1NC(=O)CSc1nnc(-c2ccc(Cl)cc2)n1Cc1ccco1. The standard InChI is InChI=1S/C22H25ClN4O2S/c1-15-5-2-3-7-19(15)24-20(28)14-30-22-26-25-21(16-8-10-17(23)11-9-16)27(22)13-18-6-4-12-29-18/h4,6,8-12,15,19H,2-3,5,7,13-14H2,1H3,(H,24,28)/t15-,19-/m0/s1. The average molecular weight is 445 g/mol. The molecule has 1 aliphatic carbocycles. The van der Waals surface area contributed by atoms with Crippen LogP contribution >= 0.6 is 23.4 Å². The maximum atomic E-state index is 12.6. The van der Waals surface area contributed by atoms with E-state index in [0.717, 1.165) is 17.7 Å². The Hall–Kier alpha value is -2.25. The molecule has 1 aromatic carbocycles. The van der Waals surface area contributed by atoms with Crippen molar-refractivity contribution in [3.05, 3.63) is 53.4 Å². The zero-order valence-electron chi connectivity index (χ0n) is 16.9. The van der Waals surface area contributed by atoms with Crippen molar-refractivity contribution in [1.29, 1.82) is 0 Å². The highest BCUT2D eigenvalue weighted by Crippen LogP contribution is 2.27. The molecule has 8 heteroatoms. The van der Waals surface area contributed by atoms with Crippen LogP contribution in [0.3, 0.4) is 0 Å². The van der Waals surface area contributed by atoms with E-state index in [4.69, 9.17) is 16.0 Å². The molecule has 0 bridgehead atoms. The molecule has 2 heterocycles. The van der Waals surface area contributed by atoms with Crippen LogP contribution in [0.4, 0.5) is 0 Å². The first-order valence-corrected chi connectivity index (χ1v) is 11.6. The lowest BCUT2D eigenvalue weighted by Gasteiger charge is -2.29. The number of amides is 1. The lowest BCUT2D eigenvalue weighted by molar-refractivity contribution is -0.119. The maximum Gasteiger partial charge on any atom is 0.230 e. The van der Waals surface area contributed by atoms with Gasteiger partial charge in [0.05, 0.1) is 18.6 Å². The summed E-state index contributed by atoms with van der Waals surface area (Å²) in [6.45, 7) is 2.71. The highest BCUT2D eigenvalue weighted by Gasteiger charge is 2.23. The molecule has 0 spiro atoms. The molecule has 2 atom stereocenters. The second-order valence-corrected chi connectivity index (χ2v) is 9.08. The zero-order chi connectivity index (χ0) is 20.9. The molecule has 0 saturated heterocycles. The van der Waals surface area contributed by atoms with Crippen molar-refractivity contribution in [2.24, 2.45) is 5.92 Å². The number of carbonyl (C=O) groups excluding carboxylic acids is 1. The predicted octanol–water partition coefficient (Wildman–Crippen LogP) is 5.03. The van der Waals surface area contributed by atoms with Crippen molar-refractivity contribution < 1.29 is 9.21 Å². The van der Waals surface area contributed by atoms with Gasteiger partial charge in [0.1, 0.15) is 5.76 Å². The summed E-state index contributed by atoms with van der Waals surface area (Å²) in [4.78, 5) is 12.6. The van der Waals surface area contributed by atoms with E-state index in [1.54, 1.807) is 6.26 Å². The first-order chi connectivity index (χ1) is 14.6. The van der Waals surface area contributed by atoms with Gasteiger partial charge in [-0.25, -0.2) is 0 Å². The number of thioether (sulfide) groups is 1. The Labute approximate surface area is 185 Å². The van der Waals surface area contributed by atoms with Crippen LogP contribution in [0.2, 0.25) is 5.02 Å². The first kappa shape index (κ1) is 21.0. The normalized spacial score (nSPS) is 19.0. The number of nitrogens with zero attached hydrogens (tertiary/aromatic N) is 3. The van der Waals surface area contributed by atoms with Crippen LogP contribution < -0.4 is 5.32 Å². The molecule has 3 aromatic rings. The lowest BCUT2D eigenvalue weighted by Crippen LogP contribution is -2.41. The molecular weight excluding hydrogens is 420 g/mol. The molecule has 1 saturated carbocycles. The maximum absolute atomic E-state index is 12.6. The summed E-state index contributed by atoms with van der Waals surface area (Å²) in [6.07, 6.45) is 6.33. The van der Waals surface area contributed by atoms with E-state index in [-0.39, 0.29) is 11.9 Å². The molecule has 0 aliphatic heterocycles. The zero-order valence-corrected chi connectivity index (χ0v) is 18.5.